The third-order valence-electron chi connectivity index (χ3n) is 4.39. The summed E-state index contributed by atoms with van der Waals surface area (Å²) in [7, 11) is 0. The average molecular weight is 437 g/mol. The zero-order chi connectivity index (χ0) is 23.3. The van der Waals surface area contributed by atoms with Gasteiger partial charge in [-0.2, -0.15) is 0 Å². The van der Waals surface area contributed by atoms with Gasteiger partial charge in [-0.1, -0.05) is 68.4 Å². The van der Waals surface area contributed by atoms with E-state index in [0.717, 1.165) is 12.0 Å². The third kappa shape index (κ3) is 8.14. The zero-order valence-corrected chi connectivity index (χ0v) is 18.2. The number of esters is 2. The number of phenols is 2. The molecule has 3 aromatic rings. The molecule has 3 aromatic carbocycles. The molecule has 0 aliphatic heterocycles. The summed E-state index contributed by atoms with van der Waals surface area (Å²) in [6.07, 6.45) is 0.833. The van der Waals surface area contributed by atoms with Crippen LogP contribution in [-0.4, -0.2) is 28.8 Å². The molecule has 0 spiro atoms. The van der Waals surface area contributed by atoms with Crippen LogP contribution < -0.4 is 0 Å². The minimum Gasteiger partial charge on any atom is -0.507 e. The number of carbonyl (C=O) groups is 2. The van der Waals surface area contributed by atoms with Gasteiger partial charge in [0.2, 0.25) is 0 Å². The second kappa shape index (κ2) is 12.8. The number of para-hydroxylation sites is 2. The molecular formula is C26H28O6. The van der Waals surface area contributed by atoms with Gasteiger partial charge in [0.15, 0.2) is 0 Å². The quantitative estimate of drug-likeness (QED) is 0.485. The van der Waals surface area contributed by atoms with Crippen LogP contribution in [0, 0.1) is 5.92 Å². The predicted molar refractivity (Wildman–Crippen MR) is 122 cm³/mol. The lowest BCUT2D eigenvalue weighted by atomic mass is 10.1. The maximum Gasteiger partial charge on any atom is 0.342 e. The Morgan fingerprint density at radius 1 is 0.719 bits per heavy atom. The van der Waals surface area contributed by atoms with E-state index in [0.29, 0.717) is 12.5 Å². The Bertz CT molecular complexity index is 998. The SMILES string of the molecule is CC(C)CCOC(=O)c1ccccc1O.O=C(OCc1ccccc1)c1ccccc1O. The highest BCUT2D eigenvalue weighted by Crippen LogP contribution is 2.18. The molecule has 0 aliphatic rings. The van der Waals surface area contributed by atoms with Crippen molar-refractivity contribution in [2.75, 3.05) is 6.61 Å². The van der Waals surface area contributed by atoms with E-state index < -0.39 is 11.9 Å². The summed E-state index contributed by atoms with van der Waals surface area (Å²) >= 11 is 0. The first-order valence-corrected chi connectivity index (χ1v) is 10.3. The Labute approximate surface area is 188 Å². The van der Waals surface area contributed by atoms with Crippen molar-refractivity contribution in [3.63, 3.8) is 0 Å². The number of hydrogen-bond acceptors (Lipinski definition) is 6. The summed E-state index contributed by atoms with van der Waals surface area (Å²) < 4.78 is 10.1. The van der Waals surface area contributed by atoms with Crippen molar-refractivity contribution in [2.24, 2.45) is 5.92 Å². The van der Waals surface area contributed by atoms with Crippen molar-refractivity contribution in [3.8, 4) is 11.5 Å². The summed E-state index contributed by atoms with van der Waals surface area (Å²) in [5.41, 5.74) is 1.32. The molecule has 0 saturated carbocycles. The standard InChI is InChI=1S/C14H12O3.C12H16O3/c15-13-9-5-4-8-12(13)14(16)17-10-11-6-2-1-3-7-11;1-9(2)7-8-15-12(14)10-5-3-4-6-11(10)13/h1-9,15H,10H2;3-6,9,13H,7-8H2,1-2H3. The summed E-state index contributed by atoms with van der Waals surface area (Å²) in [5, 5.41) is 18.9. The largest absolute Gasteiger partial charge is 0.507 e. The van der Waals surface area contributed by atoms with Gasteiger partial charge in [0.05, 0.1) is 6.61 Å². The van der Waals surface area contributed by atoms with E-state index in [9.17, 15) is 19.8 Å². The number of phenolic OH excluding ortho intramolecular Hbond substituents is 2. The molecular weight excluding hydrogens is 408 g/mol. The van der Waals surface area contributed by atoms with Crippen molar-refractivity contribution < 1.29 is 29.3 Å². The van der Waals surface area contributed by atoms with E-state index in [2.05, 4.69) is 13.8 Å². The number of aromatic hydroxyl groups is 2. The van der Waals surface area contributed by atoms with Gasteiger partial charge in [-0.15, -0.1) is 0 Å². The van der Waals surface area contributed by atoms with Crippen LogP contribution in [0.3, 0.4) is 0 Å². The predicted octanol–water partition coefficient (Wildman–Crippen LogP) is 5.34. The third-order valence-corrected chi connectivity index (χ3v) is 4.39. The Morgan fingerprint density at radius 2 is 1.19 bits per heavy atom. The van der Waals surface area contributed by atoms with Crippen LogP contribution in [0.25, 0.3) is 0 Å². The fourth-order valence-corrected chi connectivity index (χ4v) is 2.56. The van der Waals surface area contributed by atoms with Crippen molar-refractivity contribution in [2.45, 2.75) is 26.9 Å². The molecule has 0 bridgehead atoms. The summed E-state index contributed by atoms with van der Waals surface area (Å²) in [6, 6.07) is 22.1. The Kier molecular flexibility index (Phi) is 9.78. The number of rotatable bonds is 7. The van der Waals surface area contributed by atoms with Gasteiger partial charge >= 0.3 is 11.9 Å². The van der Waals surface area contributed by atoms with Crippen LogP contribution in [0.1, 0.15) is 46.5 Å². The van der Waals surface area contributed by atoms with Gasteiger partial charge in [-0.05, 0) is 42.2 Å². The minimum absolute atomic E-state index is 0.0351. The molecule has 0 amide bonds. The van der Waals surface area contributed by atoms with Gasteiger partial charge < -0.3 is 19.7 Å². The van der Waals surface area contributed by atoms with E-state index in [4.69, 9.17) is 9.47 Å². The fourth-order valence-electron chi connectivity index (χ4n) is 2.56. The molecule has 0 aromatic heterocycles. The van der Waals surface area contributed by atoms with E-state index in [1.165, 1.54) is 18.2 Å². The van der Waals surface area contributed by atoms with E-state index in [1.54, 1.807) is 30.3 Å². The van der Waals surface area contributed by atoms with E-state index in [-0.39, 0.29) is 29.2 Å². The molecule has 0 radical (unpaired) electrons. The van der Waals surface area contributed by atoms with Crippen molar-refractivity contribution in [3.05, 3.63) is 95.6 Å². The zero-order valence-electron chi connectivity index (χ0n) is 18.2. The Morgan fingerprint density at radius 3 is 1.69 bits per heavy atom. The lowest BCUT2D eigenvalue weighted by Gasteiger charge is -2.07. The topological polar surface area (TPSA) is 93.1 Å². The molecule has 0 saturated heterocycles. The molecule has 0 unspecified atom stereocenters. The molecule has 2 N–H and O–H groups in total. The van der Waals surface area contributed by atoms with E-state index in [1.807, 2.05) is 30.3 Å². The lowest BCUT2D eigenvalue weighted by molar-refractivity contribution is 0.0464. The molecule has 0 atom stereocenters. The first-order valence-electron chi connectivity index (χ1n) is 10.3. The van der Waals surface area contributed by atoms with Gasteiger partial charge in [0.25, 0.3) is 0 Å². The van der Waals surface area contributed by atoms with Gasteiger partial charge in [-0.3, -0.25) is 0 Å². The fraction of sp³-hybridized carbons (Fsp3) is 0.231. The molecule has 0 fully saturated rings. The van der Waals surface area contributed by atoms with Crippen LogP contribution in [0.2, 0.25) is 0 Å². The second-order valence-electron chi connectivity index (χ2n) is 7.41. The molecule has 168 valence electrons. The smallest absolute Gasteiger partial charge is 0.342 e. The molecule has 32 heavy (non-hydrogen) atoms. The number of hydrogen-bond donors (Lipinski definition) is 2. The van der Waals surface area contributed by atoms with Crippen LogP contribution in [0.5, 0.6) is 11.5 Å². The first-order chi connectivity index (χ1) is 15.4. The second-order valence-corrected chi connectivity index (χ2v) is 7.41. The molecule has 6 nitrogen and oxygen atoms in total. The highest BCUT2D eigenvalue weighted by atomic mass is 16.5. The van der Waals surface area contributed by atoms with Crippen LogP contribution in [-0.2, 0) is 16.1 Å². The first kappa shape index (κ1) is 24.5. The number of ether oxygens (including phenoxy) is 2. The molecule has 6 heteroatoms. The molecule has 0 aliphatic carbocycles. The Balaban J connectivity index is 0.000000229. The highest BCUT2D eigenvalue weighted by molar-refractivity contribution is 5.92. The summed E-state index contributed by atoms with van der Waals surface area (Å²) in [5.74, 6) is -0.583. The van der Waals surface area contributed by atoms with Crippen LogP contribution >= 0.6 is 0 Å². The van der Waals surface area contributed by atoms with Crippen LogP contribution in [0.15, 0.2) is 78.9 Å². The summed E-state index contributed by atoms with van der Waals surface area (Å²) in [4.78, 5) is 23.1. The van der Waals surface area contributed by atoms with E-state index >= 15 is 0 Å². The van der Waals surface area contributed by atoms with Crippen LogP contribution in [0.4, 0.5) is 0 Å². The highest BCUT2D eigenvalue weighted by Gasteiger charge is 2.12. The maximum atomic E-state index is 11.7. The molecule has 0 heterocycles. The van der Waals surface area contributed by atoms with Gasteiger partial charge in [0.1, 0.15) is 29.2 Å². The lowest BCUT2D eigenvalue weighted by Crippen LogP contribution is -2.08. The molecule has 3 rings (SSSR count). The van der Waals surface area contributed by atoms with Crippen molar-refractivity contribution in [1.29, 1.82) is 0 Å². The van der Waals surface area contributed by atoms with Gasteiger partial charge in [-0.25, -0.2) is 9.59 Å². The monoisotopic (exact) mass is 436 g/mol. The number of benzene rings is 3. The Hall–Kier alpha value is -3.80. The maximum absolute atomic E-state index is 11.7. The van der Waals surface area contributed by atoms with Crippen molar-refractivity contribution >= 4 is 11.9 Å². The average Bonchev–Trinajstić information content (AvgIpc) is 2.79. The van der Waals surface area contributed by atoms with Gasteiger partial charge in [0, 0.05) is 0 Å². The normalized spacial score (nSPS) is 10.1. The van der Waals surface area contributed by atoms with Crippen molar-refractivity contribution in [1.82, 2.24) is 0 Å². The number of carbonyl (C=O) groups excluding carboxylic acids is 2. The minimum atomic E-state index is -0.521. The summed E-state index contributed by atoms with van der Waals surface area (Å²) in [6.45, 7) is 4.72.